The van der Waals surface area contributed by atoms with E-state index in [2.05, 4.69) is 26.1 Å². The lowest BCUT2D eigenvalue weighted by molar-refractivity contribution is -0.117. The van der Waals surface area contributed by atoms with E-state index < -0.39 is 5.97 Å². The molecule has 0 aliphatic heterocycles. The number of carboxylic acid groups (broad SMARTS) is 1. The van der Waals surface area contributed by atoms with Gasteiger partial charge >= 0.3 is 5.97 Å². The molecule has 0 radical (unpaired) electrons. The van der Waals surface area contributed by atoms with Gasteiger partial charge in [-0.25, -0.2) is 4.79 Å². The Bertz CT molecular complexity index is 614. The highest BCUT2D eigenvalue weighted by molar-refractivity contribution is 5.96. The number of nitrogens with one attached hydrogen (secondary N) is 1. The number of rotatable bonds is 5. The van der Waals surface area contributed by atoms with Crippen molar-refractivity contribution in [3.8, 4) is 0 Å². The number of Topliss-reactive ketones (excluding diaryl/α,β-unsaturated/α-hetero) is 1. The molecule has 1 atom stereocenters. The van der Waals surface area contributed by atoms with Crippen LogP contribution in [0.2, 0.25) is 0 Å². The van der Waals surface area contributed by atoms with Crippen LogP contribution in [0.3, 0.4) is 0 Å². The van der Waals surface area contributed by atoms with Gasteiger partial charge in [-0.15, -0.1) is 0 Å². The van der Waals surface area contributed by atoms with Crippen LogP contribution >= 0.6 is 0 Å². The average Bonchev–Trinajstić information content (AvgIpc) is 2.54. The summed E-state index contributed by atoms with van der Waals surface area (Å²) in [6, 6.07) is 6.52. The van der Waals surface area contributed by atoms with E-state index in [-0.39, 0.29) is 16.8 Å². The van der Waals surface area contributed by atoms with Crippen molar-refractivity contribution in [3.05, 3.63) is 41.6 Å². The maximum absolute atomic E-state index is 12.1. The number of allylic oxidation sites excluding steroid dienone is 1. The van der Waals surface area contributed by atoms with Crippen LogP contribution in [0.15, 0.2) is 36.0 Å². The first-order chi connectivity index (χ1) is 10.8. The second kappa shape index (κ2) is 6.99. The summed E-state index contributed by atoms with van der Waals surface area (Å²) in [5.41, 5.74) is 2.11. The van der Waals surface area contributed by atoms with Crippen LogP contribution in [0.5, 0.6) is 0 Å². The predicted molar refractivity (Wildman–Crippen MR) is 91.5 cm³/mol. The fraction of sp³-hybridized carbons (Fsp3) is 0.474. The number of carbonyl (C=O) groups excluding carboxylic acids is 1. The number of carbonyl (C=O) groups is 2. The molecule has 1 aromatic carbocycles. The molecular formula is C19H25NO3. The number of benzene rings is 1. The lowest BCUT2D eigenvalue weighted by Gasteiger charge is -2.36. The third kappa shape index (κ3) is 4.21. The van der Waals surface area contributed by atoms with Crippen LogP contribution in [-0.2, 0) is 4.79 Å². The van der Waals surface area contributed by atoms with Crippen LogP contribution in [0.25, 0.3) is 0 Å². The number of anilines is 1. The quantitative estimate of drug-likeness (QED) is 0.786. The summed E-state index contributed by atoms with van der Waals surface area (Å²) in [5.74, 6) is -0.211. The normalized spacial score (nSPS) is 20.6. The van der Waals surface area contributed by atoms with E-state index in [4.69, 9.17) is 5.11 Å². The van der Waals surface area contributed by atoms with Crippen molar-refractivity contribution in [1.29, 1.82) is 0 Å². The summed E-state index contributed by atoms with van der Waals surface area (Å²) in [6.45, 7) is 6.73. The lowest BCUT2D eigenvalue weighted by Crippen LogP contribution is -2.29. The first-order valence-electron chi connectivity index (χ1n) is 8.15. The van der Waals surface area contributed by atoms with E-state index in [1.165, 1.54) is 0 Å². The van der Waals surface area contributed by atoms with Crippen LogP contribution in [0, 0.1) is 11.3 Å². The summed E-state index contributed by atoms with van der Waals surface area (Å²) in [6.07, 6.45) is 5.27. The molecule has 124 valence electrons. The van der Waals surface area contributed by atoms with E-state index >= 15 is 0 Å². The van der Waals surface area contributed by atoms with Gasteiger partial charge in [-0.2, -0.15) is 0 Å². The third-order valence-corrected chi connectivity index (χ3v) is 5.11. The molecule has 0 spiro atoms. The third-order valence-electron chi connectivity index (χ3n) is 5.11. The number of carboxylic acids is 1. The molecule has 0 aromatic heterocycles. The summed E-state index contributed by atoms with van der Waals surface area (Å²) in [7, 11) is 0. The average molecular weight is 315 g/mol. The van der Waals surface area contributed by atoms with E-state index in [0.29, 0.717) is 12.3 Å². The topological polar surface area (TPSA) is 66.4 Å². The summed E-state index contributed by atoms with van der Waals surface area (Å²) in [5, 5.41) is 12.0. The minimum absolute atomic E-state index is 0.211. The SMILES string of the molecule is CCC(C)(C)[C@H]1CCC(=O)/C(=C/Nc2ccc(C(=O)O)cc2)C1. The Kier molecular flexibility index (Phi) is 5.24. The molecule has 0 unspecified atom stereocenters. The Hall–Kier alpha value is -2.10. The minimum atomic E-state index is -0.943. The Morgan fingerprint density at radius 1 is 1.35 bits per heavy atom. The Morgan fingerprint density at radius 3 is 2.57 bits per heavy atom. The van der Waals surface area contributed by atoms with Crippen molar-refractivity contribution in [2.75, 3.05) is 5.32 Å². The van der Waals surface area contributed by atoms with Gasteiger partial charge in [0.05, 0.1) is 5.56 Å². The Balaban J connectivity index is 2.08. The molecule has 0 saturated heterocycles. The zero-order chi connectivity index (χ0) is 17.0. The maximum atomic E-state index is 12.1. The number of hydrogen-bond donors (Lipinski definition) is 2. The van der Waals surface area contributed by atoms with Crippen LogP contribution in [0.1, 0.15) is 56.8 Å². The van der Waals surface area contributed by atoms with Crippen molar-refractivity contribution >= 4 is 17.4 Å². The highest BCUT2D eigenvalue weighted by Gasteiger charge is 2.33. The molecule has 1 aliphatic carbocycles. The summed E-state index contributed by atoms with van der Waals surface area (Å²) >= 11 is 0. The van der Waals surface area contributed by atoms with Gasteiger partial charge in [0.1, 0.15) is 0 Å². The molecule has 4 nitrogen and oxygen atoms in total. The van der Waals surface area contributed by atoms with Gasteiger partial charge in [-0.3, -0.25) is 4.79 Å². The van der Waals surface area contributed by atoms with Crippen molar-refractivity contribution in [2.24, 2.45) is 11.3 Å². The van der Waals surface area contributed by atoms with Crippen LogP contribution in [0.4, 0.5) is 5.69 Å². The highest BCUT2D eigenvalue weighted by Crippen LogP contribution is 2.41. The van der Waals surface area contributed by atoms with Crippen molar-refractivity contribution in [2.45, 2.75) is 46.5 Å². The van der Waals surface area contributed by atoms with E-state index in [0.717, 1.165) is 30.5 Å². The Morgan fingerprint density at radius 2 is 2.00 bits per heavy atom. The zero-order valence-corrected chi connectivity index (χ0v) is 14.1. The van der Waals surface area contributed by atoms with Crippen LogP contribution < -0.4 is 5.32 Å². The fourth-order valence-corrected chi connectivity index (χ4v) is 2.92. The van der Waals surface area contributed by atoms with Crippen molar-refractivity contribution in [3.63, 3.8) is 0 Å². The maximum Gasteiger partial charge on any atom is 0.335 e. The highest BCUT2D eigenvalue weighted by atomic mass is 16.4. The van der Waals surface area contributed by atoms with Gasteiger partial charge in [-0.1, -0.05) is 27.2 Å². The predicted octanol–water partition coefficient (Wildman–Crippen LogP) is 4.49. The van der Waals surface area contributed by atoms with Gasteiger partial charge in [-0.05, 0) is 48.4 Å². The summed E-state index contributed by atoms with van der Waals surface area (Å²) in [4.78, 5) is 23.0. The molecule has 0 heterocycles. The van der Waals surface area contributed by atoms with Gasteiger partial charge in [0.25, 0.3) is 0 Å². The molecule has 2 rings (SSSR count). The number of hydrogen-bond acceptors (Lipinski definition) is 3. The molecule has 2 N–H and O–H groups in total. The molecule has 4 heteroatoms. The van der Waals surface area contributed by atoms with Crippen molar-refractivity contribution in [1.82, 2.24) is 0 Å². The van der Waals surface area contributed by atoms with Crippen molar-refractivity contribution < 1.29 is 14.7 Å². The standard InChI is InChI=1S/C19H25NO3/c1-4-19(2,3)15-7-10-17(21)14(11-15)12-20-16-8-5-13(6-9-16)18(22)23/h5-6,8-9,12,15,20H,4,7,10-11H2,1-3H3,(H,22,23)/b14-12+/t15-/m0/s1. The molecule has 1 aliphatic rings. The first kappa shape index (κ1) is 17.3. The molecule has 1 saturated carbocycles. The van der Waals surface area contributed by atoms with E-state index in [1.54, 1.807) is 30.5 Å². The number of aromatic carboxylic acids is 1. The monoisotopic (exact) mass is 315 g/mol. The smallest absolute Gasteiger partial charge is 0.335 e. The van der Waals surface area contributed by atoms with Gasteiger partial charge in [0, 0.05) is 23.9 Å². The molecule has 1 fully saturated rings. The molecule has 0 amide bonds. The van der Waals surface area contributed by atoms with Crippen LogP contribution in [-0.4, -0.2) is 16.9 Å². The minimum Gasteiger partial charge on any atom is -0.478 e. The first-order valence-corrected chi connectivity index (χ1v) is 8.15. The van der Waals surface area contributed by atoms with E-state index in [9.17, 15) is 9.59 Å². The number of ketones is 1. The fourth-order valence-electron chi connectivity index (χ4n) is 2.92. The van der Waals surface area contributed by atoms with Gasteiger partial charge < -0.3 is 10.4 Å². The molecule has 23 heavy (non-hydrogen) atoms. The second-order valence-corrected chi connectivity index (χ2v) is 6.90. The molecule has 1 aromatic rings. The van der Waals surface area contributed by atoms with Gasteiger partial charge in [0.2, 0.25) is 0 Å². The molecule has 0 bridgehead atoms. The molecular weight excluding hydrogens is 290 g/mol. The Labute approximate surface area is 137 Å². The van der Waals surface area contributed by atoms with E-state index in [1.807, 2.05) is 0 Å². The zero-order valence-electron chi connectivity index (χ0n) is 14.1. The lowest BCUT2D eigenvalue weighted by atomic mass is 9.68. The second-order valence-electron chi connectivity index (χ2n) is 6.90. The van der Waals surface area contributed by atoms with Gasteiger partial charge in [0.15, 0.2) is 5.78 Å². The largest absolute Gasteiger partial charge is 0.478 e. The summed E-state index contributed by atoms with van der Waals surface area (Å²) < 4.78 is 0.